The van der Waals surface area contributed by atoms with Crippen LogP contribution in [0.2, 0.25) is 0 Å². The first-order valence-corrected chi connectivity index (χ1v) is 12.6. The van der Waals surface area contributed by atoms with E-state index in [2.05, 4.69) is 65.0 Å². The minimum absolute atomic E-state index is 0.187. The molecule has 0 fully saturated rings. The maximum absolute atomic E-state index is 5.84. The largest absolute Gasteiger partial charge is 0.351 e. The van der Waals surface area contributed by atoms with Crippen LogP contribution in [0.4, 0.5) is 0 Å². The number of nitrogens with zero attached hydrogens (tertiary/aromatic N) is 3. The van der Waals surface area contributed by atoms with Crippen molar-refractivity contribution in [3.63, 3.8) is 0 Å². The van der Waals surface area contributed by atoms with Crippen molar-refractivity contribution < 1.29 is 4.52 Å². The smallest absolute Gasteiger partial charge is 0.258 e. The molecule has 1 aliphatic heterocycles. The summed E-state index contributed by atoms with van der Waals surface area (Å²) in [6.07, 6.45) is 2.06. The van der Waals surface area contributed by atoms with E-state index in [1.807, 2.05) is 48.5 Å². The molecule has 4 aromatic rings. The van der Waals surface area contributed by atoms with Crippen molar-refractivity contribution in [1.82, 2.24) is 20.4 Å². The monoisotopic (exact) mass is 484 g/mol. The lowest BCUT2D eigenvalue weighted by molar-refractivity contribution is 0.396. The first-order valence-electron chi connectivity index (χ1n) is 11.0. The fourth-order valence-electron chi connectivity index (χ4n) is 4.10. The summed E-state index contributed by atoms with van der Waals surface area (Å²) in [5, 5.41) is 8.49. The molecule has 1 N–H and O–H groups in total. The second-order valence-electron chi connectivity index (χ2n) is 8.02. The van der Waals surface area contributed by atoms with Crippen LogP contribution < -0.4 is 5.32 Å². The second-order valence-corrected chi connectivity index (χ2v) is 9.28. The average Bonchev–Trinajstić information content (AvgIpc) is 3.37. The first-order chi connectivity index (χ1) is 16.6. The van der Waals surface area contributed by atoms with Crippen LogP contribution in [-0.4, -0.2) is 26.4 Å². The highest BCUT2D eigenvalue weighted by Crippen LogP contribution is 2.38. The minimum atomic E-state index is -0.187. The number of thiocarbonyl (C=S) groups is 1. The lowest BCUT2D eigenvalue weighted by Gasteiger charge is -2.37. The van der Waals surface area contributed by atoms with E-state index in [4.69, 9.17) is 21.7 Å². The van der Waals surface area contributed by atoms with E-state index >= 15 is 0 Å². The van der Waals surface area contributed by atoms with Crippen LogP contribution in [0.5, 0.6) is 0 Å². The van der Waals surface area contributed by atoms with Gasteiger partial charge in [-0.05, 0) is 60.8 Å². The highest BCUT2D eigenvalue weighted by molar-refractivity contribution is 7.98. The topological polar surface area (TPSA) is 54.2 Å². The number of allylic oxidation sites excluding steroid dienone is 1. The Kier molecular flexibility index (Phi) is 6.47. The maximum Gasteiger partial charge on any atom is 0.258 e. The molecule has 5 rings (SSSR count). The van der Waals surface area contributed by atoms with Crippen molar-refractivity contribution in [1.29, 1.82) is 0 Å². The standard InChI is InChI=1S/C27H24N4OS2/c1-18-23(26-29-25(30-32-26)21-13-15-22(34-2)16-14-21)24(20-11-7-4-8-12-20)28-27(33)31(18)17-19-9-5-3-6-10-19/h3-16,24H,17H2,1-2H3,(H,28,33). The molecular formula is C27H24N4OS2. The summed E-state index contributed by atoms with van der Waals surface area (Å²) >= 11 is 7.50. The van der Waals surface area contributed by atoms with E-state index in [1.165, 1.54) is 10.5 Å². The molecule has 3 aromatic carbocycles. The van der Waals surface area contributed by atoms with Crippen LogP contribution in [0.3, 0.4) is 0 Å². The third-order valence-electron chi connectivity index (χ3n) is 5.92. The van der Waals surface area contributed by atoms with Gasteiger partial charge in [-0.3, -0.25) is 0 Å². The molecule has 2 heterocycles. The van der Waals surface area contributed by atoms with Gasteiger partial charge in [0.2, 0.25) is 5.82 Å². The normalized spacial score (nSPS) is 16.0. The van der Waals surface area contributed by atoms with Gasteiger partial charge in [-0.25, -0.2) is 0 Å². The van der Waals surface area contributed by atoms with Crippen molar-refractivity contribution >= 4 is 34.7 Å². The van der Waals surface area contributed by atoms with Gasteiger partial charge in [0.25, 0.3) is 5.89 Å². The van der Waals surface area contributed by atoms with Crippen LogP contribution in [0.25, 0.3) is 17.0 Å². The van der Waals surface area contributed by atoms with Gasteiger partial charge in [0.15, 0.2) is 5.11 Å². The molecule has 5 nitrogen and oxygen atoms in total. The van der Waals surface area contributed by atoms with Crippen LogP contribution in [-0.2, 0) is 6.54 Å². The number of hydrogen-bond donors (Lipinski definition) is 1. The molecule has 1 aromatic heterocycles. The minimum Gasteiger partial charge on any atom is -0.351 e. The van der Waals surface area contributed by atoms with Gasteiger partial charge in [-0.1, -0.05) is 65.8 Å². The predicted molar refractivity (Wildman–Crippen MR) is 141 cm³/mol. The number of hydrogen-bond acceptors (Lipinski definition) is 5. The molecular weight excluding hydrogens is 460 g/mol. The van der Waals surface area contributed by atoms with E-state index in [1.54, 1.807) is 11.8 Å². The van der Waals surface area contributed by atoms with Crippen LogP contribution in [0.15, 0.2) is 100 Å². The van der Waals surface area contributed by atoms with Gasteiger partial charge < -0.3 is 14.7 Å². The molecule has 1 aliphatic rings. The Labute approximate surface area is 208 Å². The Hall–Kier alpha value is -3.42. The molecule has 0 saturated carbocycles. The van der Waals surface area contributed by atoms with Crippen molar-refractivity contribution in [3.8, 4) is 11.4 Å². The number of thioether (sulfide) groups is 1. The van der Waals surface area contributed by atoms with Gasteiger partial charge in [0, 0.05) is 22.7 Å². The number of nitrogens with one attached hydrogen (secondary N) is 1. The van der Waals surface area contributed by atoms with E-state index in [9.17, 15) is 0 Å². The summed E-state index contributed by atoms with van der Waals surface area (Å²) in [7, 11) is 0. The van der Waals surface area contributed by atoms with Crippen molar-refractivity contribution in [2.45, 2.75) is 24.4 Å². The molecule has 0 bridgehead atoms. The second kappa shape index (κ2) is 9.83. The number of rotatable bonds is 6. The number of benzene rings is 3. The third-order valence-corrected chi connectivity index (χ3v) is 7.00. The molecule has 0 saturated heterocycles. The highest BCUT2D eigenvalue weighted by Gasteiger charge is 2.34. The molecule has 0 amide bonds. The Morgan fingerprint density at radius 2 is 1.65 bits per heavy atom. The molecule has 1 unspecified atom stereocenters. The van der Waals surface area contributed by atoms with Crippen molar-refractivity contribution in [2.75, 3.05) is 6.26 Å². The zero-order chi connectivity index (χ0) is 23.5. The first kappa shape index (κ1) is 22.4. The molecule has 7 heteroatoms. The molecule has 34 heavy (non-hydrogen) atoms. The van der Waals surface area contributed by atoms with Crippen molar-refractivity contribution in [3.05, 3.63) is 108 Å². The van der Waals surface area contributed by atoms with Crippen LogP contribution in [0, 0.1) is 0 Å². The van der Waals surface area contributed by atoms with E-state index < -0.39 is 0 Å². The van der Waals surface area contributed by atoms with Gasteiger partial charge in [0.05, 0.1) is 11.6 Å². The van der Waals surface area contributed by atoms with Gasteiger partial charge in [0.1, 0.15) is 0 Å². The van der Waals surface area contributed by atoms with Gasteiger partial charge >= 0.3 is 0 Å². The summed E-state index contributed by atoms with van der Waals surface area (Å²) < 4.78 is 5.84. The Balaban J connectivity index is 1.57. The molecule has 1 atom stereocenters. The van der Waals surface area contributed by atoms with Gasteiger partial charge in [-0.15, -0.1) is 11.8 Å². The molecule has 0 spiro atoms. The van der Waals surface area contributed by atoms with E-state index in [-0.39, 0.29) is 6.04 Å². The average molecular weight is 485 g/mol. The van der Waals surface area contributed by atoms with Crippen molar-refractivity contribution in [2.24, 2.45) is 0 Å². The zero-order valence-corrected chi connectivity index (χ0v) is 20.6. The van der Waals surface area contributed by atoms with E-state index in [0.29, 0.717) is 23.4 Å². The Morgan fingerprint density at radius 3 is 2.32 bits per heavy atom. The van der Waals surface area contributed by atoms with Crippen LogP contribution >= 0.6 is 24.0 Å². The third kappa shape index (κ3) is 4.49. The summed E-state index contributed by atoms with van der Waals surface area (Å²) in [5.41, 5.74) is 5.10. The molecule has 170 valence electrons. The summed E-state index contributed by atoms with van der Waals surface area (Å²) in [5.74, 6) is 1.06. The Morgan fingerprint density at radius 1 is 0.971 bits per heavy atom. The molecule has 0 radical (unpaired) electrons. The quantitative estimate of drug-likeness (QED) is 0.254. The number of aromatic nitrogens is 2. The summed E-state index contributed by atoms with van der Waals surface area (Å²) in [6, 6.07) is 28.5. The lowest BCUT2D eigenvalue weighted by atomic mass is 9.94. The fraction of sp³-hybridized carbons (Fsp3) is 0.148. The fourth-order valence-corrected chi connectivity index (χ4v) is 4.83. The van der Waals surface area contributed by atoms with E-state index in [0.717, 1.165) is 22.4 Å². The van der Waals surface area contributed by atoms with Gasteiger partial charge in [-0.2, -0.15) is 4.98 Å². The zero-order valence-electron chi connectivity index (χ0n) is 18.9. The van der Waals surface area contributed by atoms with Crippen LogP contribution in [0.1, 0.15) is 30.0 Å². The summed E-state index contributed by atoms with van der Waals surface area (Å²) in [6.45, 7) is 2.72. The maximum atomic E-state index is 5.84. The summed E-state index contributed by atoms with van der Waals surface area (Å²) in [4.78, 5) is 8.09. The highest BCUT2D eigenvalue weighted by atomic mass is 32.2. The Bertz CT molecular complexity index is 1320. The SMILES string of the molecule is CSc1ccc(-c2noc(C3=C(C)N(Cc4ccccc4)C(=S)NC3c3ccccc3)n2)cc1. The molecule has 0 aliphatic carbocycles. The lowest BCUT2D eigenvalue weighted by Crippen LogP contribution is -2.45. The predicted octanol–water partition coefficient (Wildman–Crippen LogP) is 6.32.